The minimum atomic E-state index is -3.70. The fourth-order valence-corrected chi connectivity index (χ4v) is 6.02. The van der Waals surface area contributed by atoms with E-state index in [2.05, 4.69) is 14.9 Å². The lowest BCUT2D eigenvalue weighted by molar-refractivity contribution is 0.163. The van der Waals surface area contributed by atoms with Crippen LogP contribution in [-0.4, -0.2) is 68.8 Å². The van der Waals surface area contributed by atoms with Gasteiger partial charge >= 0.3 is 0 Å². The number of benzene rings is 2. The average molecular weight is 509 g/mol. The van der Waals surface area contributed by atoms with Crippen LogP contribution in [0, 0.1) is 0 Å². The maximum absolute atomic E-state index is 13.0. The Morgan fingerprint density at radius 3 is 2.47 bits per heavy atom. The number of anilines is 1. The highest BCUT2D eigenvalue weighted by Crippen LogP contribution is 2.36. The van der Waals surface area contributed by atoms with E-state index < -0.39 is 15.3 Å². The van der Waals surface area contributed by atoms with Crippen molar-refractivity contribution in [2.24, 2.45) is 0 Å². The van der Waals surface area contributed by atoms with Crippen molar-refractivity contribution in [2.45, 2.75) is 37.9 Å². The monoisotopic (exact) mass is 508 g/mol. The molecule has 3 heterocycles. The van der Waals surface area contributed by atoms with Crippen LogP contribution in [0.25, 0.3) is 33.5 Å². The number of rotatable bonds is 7. The minimum Gasteiger partial charge on any atom is -0.395 e. The average Bonchev–Trinajstić information content (AvgIpc) is 3.46. The number of likely N-dealkylation sites (tertiary alicyclic amines) is 1. The molecule has 1 aliphatic heterocycles. The summed E-state index contributed by atoms with van der Waals surface area (Å²) in [5.74, 6) is 1.16. The first kappa shape index (κ1) is 24.5. The van der Waals surface area contributed by atoms with E-state index in [4.69, 9.17) is 10.7 Å². The maximum atomic E-state index is 13.0. The van der Waals surface area contributed by atoms with Crippen molar-refractivity contribution in [3.05, 3.63) is 54.4 Å². The van der Waals surface area contributed by atoms with Crippen LogP contribution in [0.1, 0.15) is 38.4 Å². The first-order chi connectivity index (χ1) is 17.3. The number of aliphatic hydroxyl groups is 1. The van der Waals surface area contributed by atoms with Gasteiger partial charge in [-0.2, -0.15) is 0 Å². The SMILES string of the molecule is CC(C)S(=O)(=O)n1c(N)nc2ccc(-c3nc(C4CCN(CCO)CC4)[nH]c3-c3ccccc3)cc21. The summed E-state index contributed by atoms with van der Waals surface area (Å²) in [5.41, 5.74) is 10.5. The molecule has 190 valence electrons. The van der Waals surface area contributed by atoms with Gasteiger partial charge < -0.3 is 20.7 Å². The number of aromatic nitrogens is 4. The van der Waals surface area contributed by atoms with Crippen molar-refractivity contribution < 1.29 is 13.5 Å². The summed E-state index contributed by atoms with van der Waals surface area (Å²) >= 11 is 0. The Morgan fingerprint density at radius 2 is 1.81 bits per heavy atom. The molecule has 1 saturated heterocycles. The number of aliphatic hydroxyl groups excluding tert-OH is 1. The molecule has 1 fully saturated rings. The van der Waals surface area contributed by atoms with Crippen LogP contribution < -0.4 is 5.73 Å². The summed E-state index contributed by atoms with van der Waals surface area (Å²) in [5, 5.41) is 8.61. The van der Waals surface area contributed by atoms with Crippen molar-refractivity contribution >= 4 is 27.0 Å². The third-order valence-electron chi connectivity index (χ3n) is 6.94. The number of imidazole rings is 2. The van der Waals surface area contributed by atoms with E-state index in [1.54, 1.807) is 19.9 Å². The lowest BCUT2D eigenvalue weighted by Crippen LogP contribution is -2.35. The highest BCUT2D eigenvalue weighted by Gasteiger charge is 2.27. The van der Waals surface area contributed by atoms with E-state index in [9.17, 15) is 13.5 Å². The van der Waals surface area contributed by atoms with Gasteiger partial charge in [0.1, 0.15) is 5.82 Å². The Hall–Kier alpha value is -3.21. The van der Waals surface area contributed by atoms with E-state index in [-0.39, 0.29) is 18.5 Å². The van der Waals surface area contributed by atoms with Gasteiger partial charge in [-0.25, -0.2) is 22.4 Å². The summed E-state index contributed by atoms with van der Waals surface area (Å²) in [6, 6.07) is 15.5. The molecule has 4 aromatic rings. The topological polar surface area (TPSA) is 130 Å². The van der Waals surface area contributed by atoms with E-state index in [1.807, 2.05) is 42.5 Å². The molecule has 0 atom stereocenters. The predicted octanol–water partition coefficient (Wildman–Crippen LogP) is 3.43. The van der Waals surface area contributed by atoms with E-state index in [0.717, 1.165) is 58.2 Å². The smallest absolute Gasteiger partial charge is 0.244 e. The summed E-state index contributed by atoms with van der Waals surface area (Å²) in [7, 11) is -3.70. The zero-order chi connectivity index (χ0) is 25.4. The van der Waals surface area contributed by atoms with Crippen LogP contribution in [0.15, 0.2) is 48.5 Å². The quantitative estimate of drug-likeness (QED) is 0.349. The summed E-state index contributed by atoms with van der Waals surface area (Å²) in [6.07, 6.45) is 1.91. The Kier molecular flexibility index (Phi) is 6.59. The molecule has 36 heavy (non-hydrogen) atoms. The number of nitrogens with zero attached hydrogens (tertiary/aromatic N) is 4. The van der Waals surface area contributed by atoms with Crippen LogP contribution in [0.2, 0.25) is 0 Å². The predicted molar refractivity (Wildman–Crippen MR) is 142 cm³/mol. The lowest BCUT2D eigenvalue weighted by Gasteiger charge is -2.30. The number of nitrogen functional groups attached to an aromatic ring is 1. The molecule has 0 saturated carbocycles. The Morgan fingerprint density at radius 1 is 1.08 bits per heavy atom. The second-order valence-corrected chi connectivity index (χ2v) is 11.9. The summed E-state index contributed by atoms with van der Waals surface area (Å²) < 4.78 is 27.2. The van der Waals surface area contributed by atoms with Gasteiger partial charge in [0.2, 0.25) is 16.0 Å². The molecule has 0 unspecified atom stereocenters. The molecule has 0 amide bonds. The molecule has 2 aromatic carbocycles. The number of H-pyrrole nitrogens is 1. The molecule has 2 aromatic heterocycles. The zero-order valence-electron chi connectivity index (χ0n) is 20.6. The summed E-state index contributed by atoms with van der Waals surface area (Å²) in [4.78, 5) is 15.2. The Labute approximate surface area is 211 Å². The van der Waals surface area contributed by atoms with Gasteiger partial charge in [0.15, 0.2) is 0 Å². The molecule has 0 spiro atoms. The van der Waals surface area contributed by atoms with E-state index in [1.165, 1.54) is 0 Å². The molecule has 1 aliphatic rings. The molecule has 0 radical (unpaired) electrons. The van der Waals surface area contributed by atoms with Crippen LogP contribution in [0.4, 0.5) is 5.95 Å². The molecule has 9 nitrogen and oxygen atoms in total. The molecule has 0 bridgehead atoms. The first-order valence-corrected chi connectivity index (χ1v) is 13.8. The number of hydrogen-bond donors (Lipinski definition) is 3. The summed E-state index contributed by atoms with van der Waals surface area (Å²) in [6.45, 7) is 5.96. The highest BCUT2D eigenvalue weighted by molar-refractivity contribution is 7.90. The van der Waals surface area contributed by atoms with Gasteiger partial charge in [-0.1, -0.05) is 36.4 Å². The van der Waals surface area contributed by atoms with Crippen molar-refractivity contribution in [3.8, 4) is 22.5 Å². The first-order valence-electron chi connectivity index (χ1n) is 12.3. The van der Waals surface area contributed by atoms with Crippen molar-refractivity contribution in [1.29, 1.82) is 0 Å². The van der Waals surface area contributed by atoms with Crippen molar-refractivity contribution in [2.75, 3.05) is 32.0 Å². The van der Waals surface area contributed by atoms with Crippen LogP contribution in [-0.2, 0) is 10.0 Å². The fourth-order valence-electron chi connectivity index (χ4n) is 4.88. The van der Waals surface area contributed by atoms with Crippen molar-refractivity contribution in [3.63, 3.8) is 0 Å². The van der Waals surface area contributed by atoms with Crippen LogP contribution in [0.3, 0.4) is 0 Å². The zero-order valence-corrected chi connectivity index (χ0v) is 21.4. The second-order valence-electron chi connectivity index (χ2n) is 9.58. The number of fused-ring (bicyclic) bond motifs is 1. The van der Waals surface area contributed by atoms with Crippen molar-refractivity contribution in [1.82, 2.24) is 23.8 Å². The number of hydrogen-bond acceptors (Lipinski definition) is 7. The van der Waals surface area contributed by atoms with Crippen LogP contribution >= 0.6 is 0 Å². The standard InChI is InChI=1S/C26H32N6O3S/c1-17(2)36(34,35)32-22-16-20(8-9-21(22)28-26(32)27)24-23(18-6-4-3-5-7-18)29-25(30-24)19-10-12-31(13-11-19)14-15-33/h3-9,16-17,19,33H,10-15H2,1-2H3,(H2,27,28)(H,29,30). The normalized spacial score (nSPS) is 15.8. The highest BCUT2D eigenvalue weighted by atomic mass is 32.2. The molecule has 0 aliphatic carbocycles. The van der Waals surface area contributed by atoms with Gasteiger partial charge in [0, 0.05) is 23.6 Å². The molecular formula is C26H32N6O3S. The van der Waals surface area contributed by atoms with Gasteiger partial charge in [0.05, 0.1) is 34.3 Å². The molecule has 5 rings (SSSR count). The third kappa shape index (κ3) is 4.40. The van der Waals surface area contributed by atoms with Gasteiger partial charge in [-0.05, 0) is 51.9 Å². The number of aromatic amines is 1. The fraction of sp³-hybridized carbons (Fsp3) is 0.385. The van der Waals surface area contributed by atoms with Crippen LogP contribution in [0.5, 0.6) is 0 Å². The number of piperidine rings is 1. The van der Waals surface area contributed by atoms with E-state index >= 15 is 0 Å². The lowest BCUT2D eigenvalue weighted by atomic mass is 9.96. The van der Waals surface area contributed by atoms with Gasteiger partial charge in [-0.3, -0.25) is 0 Å². The minimum absolute atomic E-state index is 0.0449. The number of β-amino-alcohol motifs (C(OH)–C–C–N with tert-alkyl or cyclic N) is 1. The van der Waals surface area contributed by atoms with Gasteiger partial charge in [-0.15, -0.1) is 0 Å². The molecule has 10 heteroatoms. The maximum Gasteiger partial charge on any atom is 0.244 e. The largest absolute Gasteiger partial charge is 0.395 e. The second kappa shape index (κ2) is 9.68. The third-order valence-corrected chi connectivity index (χ3v) is 9.02. The number of nitrogens with one attached hydrogen (secondary N) is 1. The van der Waals surface area contributed by atoms with Gasteiger partial charge in [0.25, 0.3) is 0 Å². The Balaban J connectivity index is 1.61. The van der Waals surface area contributed by atoms with E-state index in [0.29, 0.717) is 17.6 Å². The molecule has 4 N–H and O–H groups in total. The number of nitrogens with two attached hydrogens (primary N) is 1. The Bertz CT molecular complexity index is 1470. The molecular weight excluding hydrogens is 476 g/mol.